The number of rotatable bonds is 1. The zero-order chi connectivity index (χ0) is 9.26. The number of aromatic hydroxyl groups is 1. The lowest BCUT2D eigenvalue weighted by molar-refractivity contribution is -0.0479. The molecule has 1 aliphatic rings. The van der Waals surface area contributed by atoms with E-state index < -0.39 is 12.1 Å². The summed E-state index contributed by atoms with van der Waals surface area (Å²) in [7, 11) is 0. The average Bonchev–Trinajstić information content (AvgIpc) is 2.57. The Hall–Kier alpha value is -1.20. The van der Waals surface area contributed by atoms with Crippen LogP contribution in [0.25, 0.3) is 0 Å². The van der Waals surface area contributed by atoms with E-state index in [4.69, 9.17) is 9.47 Å². The summed E-state index contributed by atoms with van der Waals surface area (Å²) in [6.45, 7) is 0.817. The number of pyridine rings is 1. The van der Waals surface area contributed by atoms with Crippen LogP contribution < -0.4 is 0 Å². The molecule has 1 saturated heterocycles. The Morgan fingerprint density at radius 3 is 2.69 bits per heavy atom. The third-order valence-corrected chi connectivity index (χ3v) is 1.78. The van der Waals surface area contributed by atoms with E-state index in [9.17, 15) is 9.50 Å². The average molecular weight is 185 g/mol. The number of hydrogen-bond donors (Lipinski definition) is 1. The molecule has 1 aromatic rings. The van der Waals surface area contributed by atoms with Gasteiger partial charge in [-0.1, -0.05) is 0 Å². The van der Waals surface area contributed by atoms with Gasteiger partial charge >= 0.3 is 0 Å². The Labute approximate surface area is 73.9 Å². The van der Waals surface area contributed by atoms with E-state index in [-0.39, 0.29) is 11.3 Å². The highest BCUT2D eigenvalue weighted by Crippen LogP contribution is 2.31. The molecule has 70 valence electrons. The zero-order valence-electron chi connectivity index (χ0n) is 6.74. The Bertz CT molecular complexity index is 292. The number of hydrogen-bond acceptors (Lipinski definition) is 4. The van der Waals surface area contributed by atoms with Gasteiger partial charge in [0, 0.05) is 0 Å². The van der Waals surface area contributed by atoms with Crippen LogP contribution in [-0.4, -0.2) is 23.3 Å². The summed E-state index contributed by atoms with van der Waals surface area (Å²) in [5.74, 6) is -0.862. The number of aromatic nitrogens is 1. The van der Waals surface area contributed by atoms with Gasteiger partial charge in [-0.3, -0.25) is 4.98 Å². The van der Waals surface area contributed by atoms with E-state index in [1.807, 2.05) is 0 Å². The lowest BCUT2D eigenvalue weighted by Gasteiger charge is -2.10. The molecule has 0 unspecified atom stereocenters. The highest BCUT2D eigenvalue weighted by Gasteiger charge is 2.25. The van der Waals surface area contributed by atoms with E-state index >= 15 is 0 Å². The van der Waals surface area contributed by atoms with Crippen molar-refractivity contribution in [3.05, 3.63) is 23.8 Å². The first-order chi connectivity index (χ1) is 6.29. The van der Waals surface area contributed by atoms with Gasteiger partial charge in [0.05, 0.1) is 31.2 Å². The lowest BCUT2D eigenvalue weighted by Crippen LogP contribution is -2.02. The SMILES string of the molecule is Oc1cncc(F)c1C1OCCO1. The summed E-state index contributed by atoms with van der Waals surface area (Å²) in [4.78, 5) is 3.48. The van der Waals surface area contributed by atoms with E-state index in [2.05, 4.69) is 4.98 Å². The van der Waals surface area contributed by atoms with E-state index in [1.54, 1.807) is 0 Å². The maximum Gasteiger partial charge on any atom is 0.190 e. The largest absolute Gasteiger partial charge is 0.506 e. The summed E-state index contributed by atoms with van der Waals surface area (Å²) in [6, 6.07) is 0. The molecule has 0 saturated carbocycles. The van der Waals surface area contributed by atoms with Crippen molar-refractivity contribution in [2.75, 3.05) is 13.2 Å². The second-order valence-corrected chi connectivity index (χ2v) is 2.63. The maximum absolute atomic E-state index is 13.1. The predicted molar refractivity (Wildman–Crippen MR) is 40.5 cm³/mol. The molecule has 2 rings (SSSR count). The van der Waals surface area contributed by atoms with Crippen LogP contribution in [-0.2, 0) is 9.47 Å². The van der Waals surface area contributed by atoms with Crippen LogP contribution >= 0.6 is 0 Å². The molecular weight excluding hydrogens is 177 g/mol. The van der Waals surface area contributed by atoms with Gasteiger partial charge < -0.3 is 14.6 Å². The Kier molecular flexibility index (Phi) is 2.12. The Balaban J connectivity index is 2.37. The zero-order valence-corrected chi connectivity index (χ0v) is 6.74. The number of ether oxygens (including phenoxy) is 2. The minimum atomic E-state index is -0.803. The van der Waals surface area contributed by atoms with Crippen LogP contribution in [0, 0.1) is 5.82 Å². The molecule has 13 heavy (non-hydrogen) atoms. The first kappa shape index (κ1) is 8.40. The monoisotopic (exact) mass is 185 g/mol. The molecular formula is C8H8FNO3. The molecule has 1 aliphatic heterocycles. The van der Waals surface area contributed by atoms with Gasteiger partial charge in [0.25, 0.3) is 0 Å². The van der Waals surface area contributed by atoms with Crippen molar-refractivity contribution in [1.29, 1.82) is 0 Å². The summed E-state index contributed by atoms with van der Waals surface area (Å²) in [5.41, 5.74) is 0.0208. The van der Waals surface area contributed by atoms with Crippen LogP contribution in [0.4, 0.5) is 4.39 Å². The molecule has 5 heteroatoms. The van der Waals surface area contributed by atoms with Crippen LogP contribution in [0.2, 0.25) is 0 Å². The van der Waals surface area contributed by atoms with Gasteiger partial charge in [-0.15, -0.1) is 0 Å². The molecule has 1 fully saturated rings. The topological polar surface area (TPSA) is 51.6 Å². The van der Waals surface area contributed by atoms with Crippen molar-refractivity contribution < 1.29 is 19.0 Å². The second kappa shape index (κ2) is 3.27. The third-order valence-electron chi connectivity index (χ3n) is 1.78. The second-order valence-electron chi connectivity index (χ2n) is 2.63. The molecule has 0 bridgehead atoms. The summed E-state index contributed by atoms with van der Waals surface area (Å²) >= 11 is 0. The highest BCUT2D eigenvalue weighted by molar-refractivity contribution is 5.31. The van der Waals surface area contributed by atoms with Crippen LogP contribution in [0.15, 0.2) is 12.4 Å². The predicted octanol–water partition coefficient (Wildman–Crippen LogP) is 0.972. The summed E-state index contributed by atoms with van der Waals surface area (Å²) in [6.07, 6.45) is 1.37. The Morgan fingerprint density at radius 1 is 1.38 bits per heavy atom. The van der Waals surface area contributed by atoms with Gasteiger partial charge in [-0.05, 0) is 0 Å². The number of nitrogens with zero attached hydrogens (tertiary/aromatic N) is 1. The van der Waals surface area contributed by atoms with Gasteiger partial charge in [0.1, 0.15) is 5.75 Å². The van der Waals surface area contributed by atoms with Gasteiger partial charge in [0.2, 0.25) is 0 Å². The van der Waals surface area contributed by atoms with Gasteiger partial charge in [-0.25, -0.2) is 4.39 Å². The van der Waals surface area contributed by atoms with Crippen molar-refractivity contribution in [1.82, 2.24) is 4.98 Å². The van der Waals surface area contributed by atoms with E-state index in [0.717, 1.165) is 12.4 Å². The molecule has 4 nitrogen and oxygen atoms in total. The highest BCUT2D eigenvalue weighted by atomic mass is 19.1. The van der Waals surface area contributed by atoms with Crippen LogP contribution in [0.1, 0.15) is 11.9 Å². The standard InChI is InChI=1S/C8H8FNO3/c9-5-3-10-4-6(11)7(5)8-12-1-2-13-8/h3-4,8,11H,1-2H2. The minimum Gasteiger partial charge on any atom is -0.506 e. The fraction of sp³-hybridized carbons (Fsp3) is 0.375. The quantitative estimate of drug-likeness (QED) is 0.708. The van der Waals surface area contributed by atoms with Gasteiger partial charge in [-0.2, -0.15) is 0 Å². The molecule has 0 spiro atoms. The van der Waals surface area contributed by atoms with Crippen molar-refractivity contribution in [2.45, 2.75) is 6.29 Å². The van der Waals surface area contributed by atoms with Crippen molar-refractivity contribution in [2.24, 2.45) is 0 Å². The fourth-order valence-electron chi connectivity index (χ4n) is 1.19. The molecule has 0 radical (unpaired) electrons. The number of halogens is 1. The molecule has 0 amide bonds. The van der Waals surface area contributed by atoms with Crippen molar-refractivity contribution in [3.63, 3.8) is 0 Å². The summed E-state index contributed by atoms with van der Waals surface area (Å²) in [5, 5.41) is 9.29. The van der Waals surface area contributed by atoms with E-state index in [1.165, 1.54) is 0 Å². The molecule has 1 N–H and O–H groups in total. The molecule has 0 aliphatic carbocycles. The maximum atomic E-state index is 13.1. The molecule has 0 atom stereocenters. The molecule has 1 aromatic heterocycles. The first-order valence-corrected chi connectivity index (χ1v) is 3.84. The molecule has 0 aromatic carbocycles. The summed E-state index contributed by atoms with van der Waals surface area (Å²) < 4.78 is 23.2. The smallest absolute Gasteiger partial charge is 0.190 e. The van der Waals surface area contributed by atoms with Crippen molar-refractivity contribution >= 4 is 0 Å². The van der Waals surface area contributed by atoms with E-state index in [0.29, 0.717) is 13.2 Å². The Morgan fingerprint density at radius 2 is 2.08 bits per heavy atom. The first-order valence-electron chi connectivity index (χ1n) is 3.84. The fourth-order valence-corrected chi connectivity index (χ4v) is 1.19. The normalized spacial score (nSPS) is 17.9. The van der Waals surface area contributed by atoms with Gasteiger partial charge in [0.15, 0.2) is 12.1 Å². The third kappa shape index (κ3) is 1.48. The van der Waals surface area contributed by atoms with Crippen molar-refractivity contribution in [3.8, 4) is 5.75 Å². The lowest BCUT2D eigenvalue weighted by atomic mass is 10.2. The van der Waals surface area contributed by atoms with Crippen LogP contribution in [0.3, 0.4) is 0 Å². The molecule has 2 heterocycles. The minimum absolute atomic E-state index is 0.0208. The van der Waals surface area contributed by atoms with Crippen LogP contribution in [0.5, 0.6) is 5.75 Å².